The van der Waals surface area contributed by atoms with E-state index in [9.17, 15) is 9.18 Å². The van der Waals surface area contributed by atoms with Crippen LogP contribution in [0.4, 0.5) is 10.1 Å². The molecular formula is C18H15FN2O2. The molecule has 1 aromatic heterocycles. The van der Waals surface area contributed by atoms with Crippen molar-refractivity contribution in [2.45, 2.75) is 13.3 Å². The number of carbonyl (C=O) groups is 1. The Morgan fingerprint density at radius 2 is 1.91 bits per heavy atom. The van der Waals surface area contributed by atoms with Gasteiger partial charge in [0.15, 0.2) is 5.76 Å². The largest absolute Gasteiger partial charge is 0.356 e. The van der Waals surface area contributed by atoms with E-state index in [4.69, 9.17) is 4.52 Å². The highest BCUT2D eigenvalue weighted by molar-refractivity contribution is 5.92. The molecule has 2 aromatic carbocycles. The first kappa shape index (κ1) is 15.0. The fraction of sp³-hybridized carbons (Fsp3) is 0.111. The molecule has 116 valence electrons. The summed E-state index contributed by atoms with van der Waals surface area (Å²) >= 11 is 0. The Hall–Kier alpha value is -2.95. The number of anilines is 1. The number of amides is 1. The number of hydrogen-bond acceptors (Lipinski definition) is 3. The number of aryl methyl sites for hydroxylation is 1. The Kier molecular flexibility index (Phi) is 4.19. The summed E-state index contributed by atoms with van der Waals surface area (Å²) in [5, 5.41) is 6.66. The molecule has 1 heterocycles. The van der Waals surface area contributed by atoms with Crippen LogP contribution in [0.15, 0.2) is 59.1 Å². The number of halogens is 1. The summed E-state index contributed by atoms with van der Waals surface area (Å²) in [6.45, 7) is 1.92. The minimum atomic E-state index is -0.389. The van der Waals surface area contributed by atoms with E-state index in [0.717, 1.165) is 11.3 Å². The van der Waals surface area contributed by atoms with Gasteiger partial charge in [0.2, 0.25) is 5.91 Å². The summed E-state index contributed by atoms with van der Waals surface area (Å²) in [6.07, 6.45) is 0.0618. The van der Waals surface area contributed by atoms with Gasteiger partial charge in [0, 0.05) is 11.8 Å². The highest BCUT2D eigenvalue weighted by atomic mass is 19.1. The summed E-state index contributed by atoms with van der Waals surface area (Å²) in [5.74, 6) is -0.283. The molecule has 0 spiro atoms. The quantitative estimate of drug-likeness (QED) is 0.793. The number of hydrogen-bond donors (Lipinski definition) is 1. The van der Waals surface area contributed by atoms with E-state index < -0.39 is 0 Å². The van der Waals surface area contributed by atoms with Crippen LogP contribution in [0.5, 0.6) is 0 Å². The fourth-order valence-corrected chi connectivity index (χ4v) is 2.26. The lowest BCUT2D eigenvalue weighted by molar-refractivity contribution is -0.115. The minimum absolute atomic E-state index is 0.0618. The van der Waals surface area contributed by atoms with Gasteiger partial charge in [-0.15, -0.1) is 0 Å². The molecule has 0 bridgehead atoms. The van der Waals surface area contributed by atoms with Crippen LogP contribution in [0, 0.1) is 12.7 Å². The zero-order chi connectivity index (χ0) is 16.2. The Morgan fingerprint density at radius 3 is 2.70 bits per heavy atom. The van der Waals surface area contributed by atoms with Gasteiger partial charge in [-0.05, 0) is 30.7 Å². The molecule has 0 aliphatic rings. The lowest BCUT2D eigenvalue weighted by Gasteiger charge is -2.06. The zero-order valence-electron chi connectivity index (χ0n) is 12.5. The molecule has 3 aromatic rings. The summed E-state index contributed by atoms with van der Waals surface area (Å²) in [6, 6.07) is 15.4. The molecule has 3 rings (SSSR count). The van der Waals surface area contributed by atoms with Crippen molar-refractivity contribution < 1.29 is 13.7 Å². The molecule has 0 saturated carbocycles. The number of carbonyl (C=O) groups excluding carboxylic acids is 1. The van der Waals surface area contributed by atoms with E-state index in [1.165, 1.54) is 6.07 Å². The van der Waals surface area contributed by atoms with E-state index in [-0.39, 0.29) is 18.1 Å². The van der Waals surface area contributed by atoms with Crippen molar-refractivity contribution in [3.8, 4) is 11.3 Å². The Morgan fingerprint density at radius 1 is 1.17 bits per heavy atom. The third-order valence-corrected chi connectivity index (χ3v) is 3.46. The predicted octanol–water partition coefficient (Wildman–Crippen LogP) is 3.97. The van der Waals surface area contributed by atoms with Gasteiger partial charge in [0.25, 0.3) is 0 Å². The standard InChI is InChI=1S/C18H15FN2O2/c1-12-6-2-5-9-16(12)20-18(22)11-13-10-17(23-21-13)14-7-3-4-8-15(14)19/h2-10H,11H2,1H3,(H,20,22). The van der Waals surface area contributed by atoms with Crippen molar-refractivity contribution in [3.05, 3.63) is 71.7 Å². The molecule has 0 atom stereocenters. The molecule has 23 heavy (non-hydrogen) atoms. The topological polar surface area (TPSA) is 55.1 Å². The molecular weight excluding hydrogens is 295 g/mol. The van der Waals surface area contributed by atoms with Crippen LogP contribution in [-0.4, -0.2) is 11.1 Å². The van der Waals surface area contributed by atoms with Crippen LogP contribution in [0.25, 0.3) is 11.3 Å². The van der Waals surface area contributed by atoms with Crippen molar-refractivity contribution >= 4 is 11.6 Å². The summed E-state index contributed by atoms with van der Waals surface area (Å²) in [7, 11) is 0. The van der Waals surface area contributed by atoms with E-state index in [0.29, 0.717) is 17.0 Å². The molecule has 0 fully saturated rings. The highest BCUT2D eigenvalue weighted by Gasteiger charge is 2.13. The number of para-hydroxylation sites is 1. The second-order valence-electron chi connectivity index (χ2n) is 5.20. The summed E-state index contributed by atoms with van der Waals surface area (Å²) in [5.41, 5.74) is 2.52. The minimum Gasteiger partial charge on any atom is -0.356 e. The SMILES string of the molecule is Cc1ccccc1NC(=O)Cc1cc(-c2ccccc2F)on1. The van der Waals surface area contributed by atoms with E-state index in [1.807, 2.05) is 31.2 Å². The predicted molar refractivity (Wildman–Crippen MR) is 85.4 cm³/mol. The van der Waals surface area contributed by atoms with Crippen LogP contribution in [0.1, 0.15) is 11.3 Å². The number of nitrogens with zero attached hydrogens (tertiary/aromatic N) is 1. The van der Waals surface area contributed by atoms with Gasteiger partial charge in [-0.1, -0.05) is 35.5 Å². The molecule has 1 amide bonds. The first-order valence-electron chi connectivity index (χ1n) is 7.19. The van der Waals surface area contributed by atoms with Gasteiger partial charge < -0.3 is 9.84 Å². The maximum absolute atomic E-state index is 13.7. The fourth-order valence-electron chi connectivity index (χ4n) is 2.26. The van der Waals surface area contributed by atoms with Crippen molar-refractivity contribution in [3.63, 3.8) is 0 Å². The normalized spacial score (nSPS) is 10.5. The number of rotatable bonds is 4. The average molecular weight is 310 g/mol. The van der Waals surface area contributed by atoms with Crippen LogP contribution >= 0.6 is 0 Å². The molecule has 0 aliphatic heterocycles. The second kappa shape index (κ2) is 6.44. The van der Waals surface area contributed by atoms with Crippen LogP contribution in [0.2, 0.25) is 0 Å². The molecule has 1 N–H and O–H groups in total. The van der Waals surface area contributed by atoms with Gasteiger partial charge in [-0.2, -0.15) is 0 Å². The smallest absolute Gasteiger partial charge is 0.230 e. The monoisotopic (exact) mass is 310 g/mol. The van der Waals surface area contributed by atoms with Crippen molar-refractivity contribution in [1.29, 1.82) is 0 Å². The van der Waals surface area contributed by atoms with E-state index in [1.54, 1.807) is 24.3 Å². The lowest BCUT2D eigenvalue weighted by Crippen LogP contribution is -2.15. The maximum atomic E-state index is 13.7. The molecule has 0 unspecified atom stereocenters. The average Bonchev–Trinajstić information content (AvgIpc) is 2.98. The molecule has 0 radical (unpaired) electrons. The van der Waals surface area contributed by atoms with Gasteiger partial charge >= 0.3 is 0 Å². The summed E-state index contributed by atoms with van der Waals surface area (Å²) in [4.78, 5) is 12.1. The Labute approximate surface area is 132 Å². The number of aromatic nitrogens is 1. The first-order valence-corrected chi connectivity index (χ1v) is 7.19. The number of nitrogens with one attached hydrogen (secondary N) is 1. The Bertz CT molecular complexity index is 842. The third-order valence-electron chi connectivity index (χ3n) is 3.46. The molecule has 4 nitrogen and oxygen atoms in total. The van der Waals surface area contributed by atoms with Gasteiger partial charge in [0.1, 0.15) is 5.82 Å². The molecule has 5 heteroatoms. The van der Waals surface area contributed by atoms with Gasteiger partial charge in [-0.25, -0.2) is 4.39 Å². The van der Waals surface area contributed by atoms with Crippen LogP contribution < -0.4 is 5.32 Å². The Balaban J connectivity index is 1.71. The number of benzene rings is 2. The second-order valence-corrected chi connectivity index (χ2v) is 5.20. The van der Waals surface area contributed by atoms with Crippen molar-refractivity contribution in [2.24, 2.45) is 0 Å². The first-order chi connectivity index (χ1) is 11.1. The molecule has 0 aliphatic carbocycles. The zero-order valence-corrected chi connectivity index (χ0v) is 12.5. The lowest BCUT2D eigenvalue weighted by atomic mass is 10.1. The molecule has 0 saturated heterocycles. The van der Waals surface area contributed by atoms with Crippen molar-refractivity contribution in [1.82, 2.24) is 5.16 Å². The van der Waals surface area contributed by atoms with Crippen molar-refractivity contribution in [2.75, 3.05) is 5.32 Å². The summed E-state index contributed by atoms with van der Waals surface area (Å²) < 4.78 is 18.8. The van der Waals surface area contributed by atoms with Gasteiger partial charge in [-0.3, -0.25) is 4.79 Å². The van der Waals surface area contributed by atoms with E-state index >= 15 is 0 Å². The van der Waals surface area contributed by atoms with Gasteiger partial charge in [0.05, 0.1) is 17.7 Å². The van der Waals surface area contributed by atoms with Crippen LogP contribution in [0.3, 0.4) is 0 Å². The maximum Gasteiger partial charge on any atom is 0.230 e. The van der Waals surface area contributed by atoms with Crippen LogP contribution in [-0.2, 0) is 11.2 Å². The van der Waals surface area contributed by atoms with E-state index in [2.05, 4.69) is 10.5 Å². The highest BCUT2D eigenvalue weighted by Crippen LogP contribution is 2.23. The third kappa shape index (κ3) is 3.45.